The molecule has 2 aromatic rings. The number of nitrogens with zero attached hydrogens (tertiary/aromatic N) is 3. The zero-order chi connectivity index (χ0) is 14.5. The van der Waals surface area contributed by atoms with Gasteiger partial charge in [0, 0.05) is 13.1 Å². The summed E-state index contributed by atoms with van der Waals surface area (Å²) in [7, 11) is 0. The molecule has 0 spiro atoms. The largest absolute Gasteiger partial charge is 0.358 e. The highest BCUT2D eigenvalue weighted by atomic mass is 32.2. The molecular weight excluding hydrogens is 310 g/mol. The standard InChI is InChI=1S/C13H17N3OS3/c1-4-16(5-2)13(18)20-9(3)12-14-11(15-17-12)10-7-6-8-19-10/h6-9H,4-5H2,1-3H3. The molecule has 0 N–H and O–H groups in total. The van der Waals surface area contributed by atoms with Gasteiger partial charge in [0.05, 0.1) is 10.1 Å². The molecule has 2 rings (SSSR count). The Morgan fingerprint density at radius 2 is 2.25 bits per heavy atom. The van der Waals surface area contributed by atoms with Gasteiger partial charge in [-0.3, -0.25) is 0 Å². The van der Waals surface area contributed by atoms with Gasteiger partial charge in [-0.1, -0.05) is 35.2 Å². The topological polar surface area (TPSA) is 42.2 Å². The molecule has 108 valence electrons. The van der Waals surface area contributed by atoms with Crippen LogP contribution in [0.4, 0.5) is 0 Å². The second-order valence-electron chi connectivity index (χ2n) is 4.13. The van der Waals surface area contributed by atoms with Crippen LogP contribution in [0.15, 0.2) is 22.0 Å². The molecule has 0 saturated heterocycles. The van der Waals surface area contributed by atoms with E-state index in [2.05, 4.69) is 28.9 Å². The van der Waals surface area contributed by atoms with E-state index < -0.39 is 0 Å². The number of thiophene rings is 1. The normalized spacial score (nSPS) is 12.3. The molecule has 2 aromatic heterocycles. The summed E-state index contributed by atoms with van der Waals surface area (Å²) in [4.78, 5) is 7.61. The van der Waals surface area contributed by atoms with Crippen molar-refractivity contribution < 1.29 is 4.52 Å². The van der Waals surface area contributed by atoms with Crippen molar-refractivity contribution in [1.29, 1.82) is 0 Å². The van der Waals surface area contributed by atoms with Crippen molar-refractivity contribution >= 4 is 39.6 Å². The summed E-state index contributed by atoms with van der Waals surface area (Å²) in [6.07, 6.45) is 0. The van der Waals surface area contributed by atoms with Crippen LogP contribution in [0.2, 0.25) is 0 Å². The van der Waals surface area contributed by atoms with Crippen molar-refractivity contribution in [3.63, 3.8) is 0 Å². The second kappa shape index (κ2) is 7.19. The molecule has 0 aromatic carbocycles. The Balaban J connectivity index is 2.03. The SMILES string of the molecule is CCN(CC)C(=S)SC(C)c1nc(-c2cccs2)no1. The minimum absolute atomic E-state index is 0.0595. The molecule has 0 saturated carbocycles. The smallest absolute Gasteiger partial charge is 0.240 e. The van der Waals surface area contributed by atoms with Gasteiger partial charge in [0.25, 0.3) is 0 Å². The van der Waals surface area contributed by atoms with Gasteiger partial charge < -0.3 is 9.42 Å². The fraction of sp³-hybridized carbons (Fsp3) is 0.462. The van der Waals surface area contributed by atoms with Crippen LogP contribution in [0.1, 0.15) is 31.9 Å². The average Bonchev–Trinajstić information content (AvgIpc) is 3.11. The Bertz CT molecular complexity index is 549. The van der Waals surface area contributed by atoms with Crippen LogP contribution < -0.4 is 0 Å². The number of rotatable bonds is 5. The number of thioether (sulfide) groups is 1. The Kier molecular flexibility index (Phi) is 5.56. The van der Waals surface area contributed by atoms with E-state index >= 15 is 0 Å². The molecule has 2 heterocycles. The summed E-state index contributed by atoms with van der Waals surface area (Å²) < 4.78 is 6.22. The summed E-state index contributed by atoms with van der Waals surface area (Å²) in [5.74, 6) is 1.27. The summed E-state index contributed by atoms with van der Waals surface area (Å²) in [6, 6.07) is 3.96. The Morgan fingerprint density at radius 3 is 2.85 bits per heavy atom. The summed E-state index contributed by atoms with van der Waals surface area (Å²) in [5.41, 5.74) is 0. The number of hydrogen-bond acceptors (Lipinski definition) is 6. The van der Waals surface area contributed by atoms with E-state index in [9.17, 15) is 0 Å². The molecule has 4 nitrogen and oxygen atoms in total. The van der Waals surface area contributed by atoms with Crippen LogP contribution in [0.5, 0.6) is 0 Å². The molecule has 0 aliphatic heterocycles. The van der Waals surface area contributed by atoms with Gasteiger partial charge in [0.1, 0.15) is 4.32 Å². The quantitative estimate of drug-likeness (QED) is 0.766. The van der Waals surface area contributed by atoms with E-state index in [-0.39, 0.29) is 5.25 Å². The molecular formula is C13H17N3OS3. The fourth-order valence-electron chi connectivity index (χ4n) is 1.66. The molecule has 0 radical (unpaired) electrons. The lowest BCUT2D eigenvalue weighted by molar-refractivity contribution is 0.381. The number of thiocarbonyl (C=S) groups is 1. The predicted molar refractivity (Wildman–Crippen MR) is 89.1 cm³/mol. The Morgan fingerprint density at radius 1 is 1.50 bits per heavy atom. The predicted octanol–water partition coefficient (Wildman–Crippen LogP) is 4.22. The van der Waals surface area contributed by atoms with Crippen LogP contribution in [0.3, 0.4) is 0 Å². The fourth-order valence-corrected chi connectivity index (χ4v) is 3.91. The van der Waals surface area contributed by atoms with Crippen molar-refractivity contribution in [3.8, 4) is 10.7 Å². The molecule has 0 fully saturated rings. The zero-order valence-corrected chi connectivity index (χ0v) is 14.1. The first-order chi connectivity index (χ1) is 9.65. The summed E-state index contributed by atoms with van der Waals surface area (Å²) >= 11 is 8.62. The highest BCUT2D eigenvalue weighted by Crippen LogP contribution is 2.31. The van der Waals surface area contributed by atoms with Crippen molar-refractivity contribution in [2.45, 2.75) is 26.0 Å². The maximum atomic E-state index is 5.44. The Labute approximate surface area is 132 Å². The third-order valence-electron chi connectivity index (χ3n) is 2.83. The highest BCUT2D eigenvalue weighted by molar-refractivity contribution is 8.23. The molecule has 0 bridgehead atoms. The summed E-state index contributed by atoms with van der Waals surface area (Å²) in [5, 5.41) is 6.08. The zero-order valence-electron chi connectivity index (χ0n) is 11.7. The van der Waals surface area contributed by atoms with Gasteiger partial charge in [-0.15, -0.1) is 11.3 Å². The third kappa shape index (κ3) is 3.59. The average molecular weight is 328 g/mol. The lowest BCUT2D eigenvalue weighted by atomic mass is 10.4. The molecule has 0 aliphatic rings. The van der Waals surface area contributed by atoms with Crippen LogP contribution >= 0.6 is 35.3 Å². The van der Waals surface area contributed by atoms with E-state index in [1.807, 2.05) is 24.4 Å². The first-order valence-corrected chi connectivity index (χ1v) is 8.65. The van der Waals surface area contributed by atoms with Crippen LogP contribution in [-0.2, 0) is 0 Å². The second-order valence-corrected chi connectivity index (χ2v) is 7.05. The van der Waals surface area contributed by atoms with E-state index in [1.54, 1.807) is 23.1 Å². The maximum absolute atomic E-state index is 5.44. The van der Waals surface area contributed by atoms with Gasteiger partial charge in [0.2, 0.25) is 11.7 Å². The van der Waals surface area contributed by atoms with E-state index in [1.165, 1.54) is 0 Å². The van der Waals surface area contributed by atoms with Gasteiger partial charge in [-0.25, -0.2) is 0 Å². The maximum Gasteiger partial charge on any atom is 0.240 e. The van der Waals surface area contributed by atoms with Crippen LogP contribution in [0.25, 0.3) is 10.7 Å². The van der Waals surface area contributed by atoms with Gasteiger partial charge in [0.15, 0.2) is 0 Å². The van der Waals surface area contributed by atoms with Crippen molar-refractivity contribution in [2.75, 3.05) is 13.1 Å². The first kappa shape index (κ1) is 15.5. The summed E-state index contributed by atoms with van der Waals surface area (Å²) in [6.45, 7) is 8.07. The van der Waals surface area contributed by atoms with Crippen molar-refractivity contribution in [2.24, 2.45) is 0 Å². The third-order valence-corrected chi connectivity index (χ3v) is 5.26. The minimum atomic E-state index is 0.0595. The van der Waals surface area contributed by atoms with Gasteiger partial charge in [-0.2, -0.15) is 4.98 Å². The monoisotopic (exact) mass is 327 g/mol. The highest BCUT2D eigenvalue weighted by Gasteiger charge is 2.19. The molecule has 7 heteroatoms. The van der Waals surface area contributed by atoms with Gasteiger partial charge in [-0.05, 0) is 32.2 Å². The Hall–Kier alpha value is -0.920. The molecule has 20 heavy (non-hydrogen) atoms. The molecule has 1 atom stereocenters. The minimum Gasteiger partial charge on any atom is -0.358 e. The number of aromatic nitrogens is 2. The van der Waals surface area contributed by atoms with E-state index in [0.717, 1.165) is 22.3 Å². The van der Waals surface area contributed by atoms with Crippen LogP contribution in [-0.4, -0.2) is 32.5 Å². The van der Waals surface area contributed by atoms with Gasteiger partial charge >= 0.3 is 0 Å². The van der Waals surface area contributed by atoms with Crippen LogP contribution in [0, 0.1) is 0 Å². The lowest BCUT2D eigenvalue weighted by Gasteiger charge is -2.22. The molecule has 0 aliphatic carbocycles. The van der Waals surface area contributed by atoms with Crippen molar-refractivity contribution in [3.05, 3.63) is 23.4 Å². The van der Waals surface area contributed by atoms with E-state index in [4.69, 9.17) is 16.7 Å². The molecule has 1 unspecified atom stereocenters. The molecule has 0 amide bonds. The lowest BCUT2D eigenvalue weighted by Crippen LogP contribution is -2.27. The first-order valence-electron chi connectivity index (χ1n) is 6.48. The number of hydrogen-bond donors (Lipinski definition) is 0. The van der Waals surface area contributed by atoms with E-state index in [0.29, 0.717) is 11.7 Å². The van der Waals surface area contributed by atoms with Crippen molar-refractivity contribution in [1.82, 2.24) is 15.0 Å².